The van der Waals surface area contributed by atoms with Crippen LogP contribution in [0.4, 0.5) is 4.79 Å². The molecule has 1 fully saturated rings. The Kier molecular flexibility index (Phi) is 6.77. The summed E-state index contributed by atoms with van der Waals surface area (Å²) in [4.78, 5) is 16.8. The Morgan fingerprint density at radius 1 is 0.867 bits per heavy atom. The van der Waals surface area contributed by atoms with E-state index in [9.17, 15) is 4.79 Å². The van der Waals surface area contributed by atoms with Gasteiger partial charge in [0, 0.05) is 51.7 Å². The number of hydrogen-bond acceptors (Lipinski definition) is 3. The average Bonchev–Trinajstić information content (AvgIpc) is 3.34. The van der Waals surface area contributed by atoms with Gasteiger partial charge in [-0.2, -0.15) is 5.10 Å². The van der Waals surface area contributed by atoms with E-state index in [-0.39, 0.29) is 6.03 Å². The summed E-state index contributed by atoms with van der Waals surface area (Å²) in [6, 6.07) is 20.8. The normalized spacial score (nSPS) is 14.6. The lowest BCUT2D eigenvalue weighted by atomic mass is 10.1. The SMILES string of the molecule is O=C(NCCc1ccc(-n2cccn2)cc1)N1CCN(CCc2ccccc2)CC1. The van der Waals surface area contributed by atoms with Crippen molar-refractivity contribution in [2.45, 2.75) is 12.8 Å². The summed E-state index contributed by atoms with van der Waals surface area (Å²) in [5, 5.41) is 7.30. The highest BCUT2D eigenvalue weighted by molar-refractivity contribution is 5.74. The first-order valence-corrected chi connectivity index (χ1v) is 10.7. The Labute approximate surface area is 178 Å². The summed E-state index contributed by atoms with van der Waals surface area (Å²) in [5.41, 5.74) is 3.62. The van der Waals surface area contributed by atoms with Gasteiger partial charge in [-0.05, 0) is 42.2 Å². The predicted octanol–water partition coefficient (Wildman–Crippen LogP) is 2.98. The number of carbonyl (C=O) groups excluding carboxylic acids is 1. The van der Waals surface area contributed by atoms with Crippen molar-refractivity contribution in [1.82, 2.24) is 24.9 Å². The molecule has 0 unspecified atom stereocenters. The van der Waals surface area contributed by atoms with E-state index in [1.807, 2.05) is 21.8 Å². The van der Waals surface area contributed by atoms with Crippen molar-refractivity contribution in [3.63, 3.8) is 0 Å². The Balaban J connectivity index is 1.15. The van der Waals surface area contributed by atoms with E-state index in [4.69, 9.17) is 0 Å². The molecule has 2 heterocycles. The molecule has 1 aromatic heterocycles. The molecule has 0 bridgehead atoms. The molecule has 1 saturated heterocycles. The van der Waals surface area contributed by atoms with E-state index in [2.05, 4.69) is 69.9 Å². The highest BCUT2D eigenvalue weighted by atomic mass is 16.2. The number of carbonyl (C=O) groups is 1. The standard InChI is InChI=1S/C24H29N5O/c30-24(25-14-11-22-7-9-23(10-8-22)29-15-4-13-26-29)28-19-17-27(18-20-28)16-12-21-5-2-1-3-6-21/h1-10,13,15H,11-12,14,16-20H2,(H,25,30). The van der Waals surface area contributed by atoms with Gasteiger partial charge in [-0.3, -0.25) is 4.90 Å². The van der Waals surface area contributed by atoms with Crippen LogP contribution in [0.3, 0.4) is 0 Å². The molecule has 2 aromatic carbocycles. The largest absolute Gasteiger partial charge is 0.338 e. The molecule has 30 heavy (non-hydrogen) atoms. The number of urea groups is 1. The summed E-state index contributed by atoms with van der Waals surface area (Å²) in [6.45, 7) is 5.16. The Bertz CT molecular complexity index is 901. The molecule has 1 aliphatic heterocycles. The maximum absolute atomic E-state index is 12.5. The van der Waals surface area contributed by atoms with Gasteiger partial charge in [0.15, 0.2) is 0 Å². The smallest absolute Gasteiger partial charge is 0.317 e. The third-order valence-corrected chi connectivity index (χ3v) is 5.61. The quantitative estimate of drug-likeness (QED) is 0.660. The van der Waals surface area contributed by atoms with Crippen LogP contribution in [0, 0.1) is 0 Å². The predicted molar refractivity (Wildman–Crippen MR) is 119 cm³/mol. The van der Waals surface area contributed by atoms with Crippen LogP contribution in [0.25, 0.3) is 5.69 Å². The number of nitrogens with zero attached hydrogens (tertiary/aromatic N) is 4. The van der Waals surface area contributed by atoms with Crippen molar-refractivity contribution >= 4 is 6.03 Å². The zero-order chi connectivity index (χ0) is 20.6. The number of aromatic nitrogens is 2. The molecule has 0 radical (unpaired) electrons. The molecule has 0 atom stereocenters. The highest BCUT2D eigenvalue weighted by Crippen LogP contribution is 2.09. The third-order valence-electron chi connectivity index (χ3n) is 5.61. The minimum Gasteiger partial charge on any atom is -0.338 e. The van der Waals surface area contributed by atoms with Crippen LogP contribution in [0.1, 0.15) is 11.1 Å². The molecule has 2 amide bonds. The molecule has 0 spiro atoms. The Morgan fingerprint density at radius 3 is 2.30 bits per heavy atom. The molecule has 156 valence electrons. The fraction of sp³-hybridized carbons (Fsp3) is 0.333. The summed E-state index contributed by atoms with van der Waals surface area (Å²) >= 11 is 0. The molecular weight excluding hydrogens is 374 g/mol. The van der Waals surface area contributed by atoms with Crippen LogP contribution >= 0.6 is 0 Å². The molecule has 0 saturated carbocycles. The van der Waals surface area contributed by atoms with Crippen molar-refractivity contribution in [1.29, 1.82) is 0 Å². The lowest BCUT2D eigenvalue weighted by molar-refractivity contribution is 0.140. The Morgan fingerprint density at radius 2 is 1.60 bits per heavy atom. The number of nitrogens with one attached hydrogen (secondary N) is 1. The summed E-state index contributed by atoms with van der Waals surface area (Å²) in [6.07, 6.45) is 5.58. The van der Waals surface area contributed by atoms with Gasteiger partial charge in [0.1, 0.15) is 0 Å². The van der Waals surface area contributed by atoms with E-state index in [0.717, 1.165) is 51.3 Å². The molecule has 1 aliphatic rings. The molecule has 4 rings (SSSR count). The number of amides is 2. The van der Waals surface area contributed by atoms with E-state index in [0.29, 0.717) is 6.54 Å². The monoisotopic (exact) mass is 403 g/mol. The van der Waals surface area contributed by atoms with Gasteiger partial charge in [-0.1, -0.05) is 42.5 Å². The topological polar surface area (TPSA) is 53.4 Å². The first kappa shape index (κ1) is 20.2. The molecule has 1 N–H and O–H groups in total. The molecular formula is C24H29N5O. The van der Waals surface area contributed by atoms with Crippen molar-refractivity contribution in [3.8, 4) is 5.69 Å². The number of hydrogen-bond donors (Lipinski definition) is 1. The van der Waals surface area contributed by atoms with E-state index < -0.39 is 0 Å². The fourth-order valence-corrected chi connectivity index (χ4v) is 3.77. The molecule has 0 aliphatic carbocycles. The highest BCUT2D eigenvalue weighted by Gasteiger charge is 2.20. The second-order valence-corrected chi connectivity index (χ2v) is 7.66. The van der Waals surface area contributed by atoms with Crippen molar-refractivity contribution < 1.29 is 4.79 Å². The summed E-state index contributed by atoms with van der Waals surface area (Å²) in [7, 11) is 0. The maximum Gasteiger partial charge on any atom is 0.317 e. The Hall–Kier alpha value is -3.12. The number of rotatable bonds is 7. The van der Waals surface area contributed by atoms with Crippen LogP contribution in [-0.2, 0) is 12.8 Å². The second-order valence-electron chi connectivity index (χ2n) is 7.66. The molecule has 3 aromatic rings. The van der Waals surface area contributed by atoms with E-state index in [1.165, 1.54) is 11.1 Å². The first-order valence-electron chi connectivity index (χ1n) is 10.7. The lowest BCUT2D eigenvalue weighted by Crippen LogP contribution is -2.52. The minimum absolute atomic E-state index is 0.0471. The van der Waals surface area contributed by atoms with Crippen molar-refractivity contribution in [2.24, 2.45) is 0 Å². The van der Waals surface area contributed by atoms with Gasteiger partial charge < -0.3 is 10.2 Å². The van der Waals surface area contributed by atoms with Gasteiger partial charge in [-0.25, -0.2) is 9.48 Å². The van der Waals surface area contributed by atoms with E-state index >= 15 is 0 Å². The number of piperazine rings is 1. The summed E-state index contributed by atoms with van der Waals surface area (Å²) < 4.78 is 1.84. The van der Waals surface area contributed by atoms with Crippen LogP contribution < -0.4 is 5.32 Å². The van der Waals surface area contributed by atoms with E-state index in [1.54, 1.807) is 6.20 Å². The third kappa shape index (κ3) is 5.48. The van der Waals surface area contributed by atoms with Crippen molar-refractivity contribution in [2.75, 3.05) is 39.3 Å². The van der Waals surface area contributed by atoms with Crippen LogP contribution in [0.15, 0.2) is 73.1 Å². The maximum atomic E-state index is 12.5. The van der Waals surface area contributed by atoms with Gasteiger partial charge in [0.2, 0.25) is 0 Å². The fourth-order valence-electron chi connectivity index (χ4n) is 3.77. The zero-order valence-corrected chi connectivity index (χ0v) is 17.3. The first-order chi connectivity index (χ1) is 14.8. The van der Waals surface area contributed by atoms with Crippen LogP contribution in [-0.4, -0.2) is 64.9 Å². The van der Waals surface area contributed by atoms with Gasteiger partial charge in [0.25, 0.3) is 0 Å². The van der Waals surface area contributed by atoms with Gasteiger partial charge >= 0.3 is 6.03 Å². The molecule has 6 heteroatoms. The number of benzene rings is 2. The van der Waals surface area contributed by atoms with Crippen LogP contribution in [0.2, 0.25) is 0 Å². The van der Waals surface area contributed by atoms with Gasteiger partial charge in [-0.15, -0.1) is 0 Å². The minimum atomic E-state index is 0.0471. The summed E-state index contributed by atoms with van der Waals surface area (Å²) in [5.74, 6) is 0. The molecule has 6 nitrogen and oxygen atoms in total. The second kappa shape index (κ2) is 10.1. The van der Waals surface area contributed by atoms with Gasteiger partial charge in [0.05, 0.1) is 5.69 Å². The van der Waals surface area contributed by atoms with Crippen molar-refractivity contribution in [3.05, 3.63) is 84.2 Å². The average molecular weight is 404 g/mol. The zero-order valence-electron chi connectivity index (χ0n) is 17.3. The van der Waals surface area contributed by atoms with Crippen LogP contribution in [0.5, 0.6) is 0 Å². The lowest BCUT2D eigenvalue weighted by Gasteiger charge is -2.34.